The van der Waals surface area contributed by atoms with E-state index in [1.807, 2.05) is 18.2 Å². The van der Waals surface area contributed by atoms with E-state index in [0.29, 0.717) is 12.3 Å². The number of rotatable bonds is 6. The van der Waals surface area contributed by atoms with Crippen LogP contribution in [0.5, 0.6) is 0 Å². The van der Waals surface area contributed by atoms with Crippen LogP contribution in [0.1, 0.15) is 38.7 Å². The molecule has 2 atom stereocenters. The first-order valence-electron chi connectivity index (χ1n) is 6.49. The van der Waals surface area contributed by atoms with Crippen LogP contribution in [-0.4, -0.2) is 23.7 Å². The second kappa shape index (κ2) is 7.17. The lowest BCUT2D eigenvalue weighted by atomic mass is 9.85. The summed E-state index contributed by atoms with van der Waals surface area (Å²) in [4.78, 5) is 11.9. The summed E-state index contributed by atoms with van der Waals surface area (Å²) in [5.74, 6) is 0.624. The zero-order chi connectivity index (χ0) is 13.5. The minimum Gasteiger partial charge on any atom is -0.394 e. The molecular formula is C15H23NO2. The van der Waals surface area contributed by atoms with Crippen molar-refractivity contribution in [2.24, 2.45) is 5.92 Å². The van der Waals surface area contributed by atoms with Crippen molar-refractivity contribution < 1.29 is 9.90 Å². The van der Waals surface area contributed by atoms with E-state index in [1.54, 1.807) is 6.92 Å². The lowest BCUT2D eigenvalue weighted by molar-refractivity contribution is -0.122. The van der Waals surface area contributed by atoms with Gasteiger partial charge in [-0.2, -0.15) is 0 Å². The van der Waals surface area contributed by atoms with Crippen molar-refractivity contribution in [1.82, 2.24) is 5.32 Å². The Morgan fingerprint density at radius 2 is 1.83 bits per heavy atom. The molecule has 0 radical (unpaired) electrons. The van der Waals surface area contributed by atoms with Crippen molar-refractivity contribution in [3.63, 3.8) is 0 Å². The van der Waals surface area contributed by atoms with Crippen LogP contribution < -0.4 is 5.32 Å². The molecule has 0 saturated carbocycles. The molecule has 3 nitrogen and oxygen atoms in total. The number of hydrogen-bond acceptors (Lipinski definition) is 2. The van der Waals surface area contributed by atoms with Gasteiger partial charge in [-0.15, -0.1) is 0 Å². The molecule has 18 heavy (non-hydrogen) atoms. The summed E-state index contributed by atoms with van der Waals surface area (Å²) in [7, 11) is 0. The van der Waals surface area contributed by atoms with Crippen molar-refractivity contribution >= 4 is 5.91 Å². The number of hydrogen-bond donors (Lipinski definition) is 2. The molecule has 2 N–H and O–H groups in total. The zero-order valence-corrected chi connectivity index (χ0v) is 11.4. The molecule has 0 aromatic heterocycles. The van der Waals surface area contributed by atoms with Gasteiger partial charge >= 0.3 is 0 Å². The second-order valence-electron chi connectivity index (χ2n) is 5.12. The maximum absolute atomic E-state index is 11.9. The Morgan fingerprint density at radius 1 is 1.22 bits per heavy atom. The normalized spacial score (nSPS) is 14.3. The fourth-order valence-corrected chi connectivity index (χ4v) is 2.02. The number of nitrogens with one attached hydrogen (secondary N) is 1. The largest absolute Gasteiger partial charge is 0.394 e. The van der Waals surface area contributed by atoms with Gasteiger partial charge in [-0.25, -0.2) is 0 Å². The van der Waals surface area contributed by atoms with Gasteiger partial charge in [0, 0.05) is 12.5 Å². The van der Waals surface area contributed by atoms with Gasteiger partial charge in [0.15, 0.2) is 0 Å². The third kappa shape index (κ3) is 4.49. The summed E-state index contributed by atoms with van der Waals surface area (Å²) in [6.45, 7) is 6.02. The highest BCUT2D eigenvalue weighted by Crippen LogP contribution is 2.27. The molecule has 0 bridgehead atoms. The molecule has 1 rings (SSSR count). The quantitative estimate of drug-likeness (QED) is 0.813. The summed E-state index contributed by atoms with van der Waals surface area (Å²) >= 11 is 0. The third-order valence-corrected chi connectivity index (χ3v) is 3.12. The monoisotopic (exact) mass is 249 g/mol. The van der Waals surface area contributed by atoms with Crippen molar-refractivity contribution in [2.45, 2.75) is 39.2 Å². The lowest BCUT2D eigenvalue weighted by Gasteiger charge is -2.22. The maximum Gasteiger partial charge on any atom is 0.220 e. The molecule has 1 amide bonds. The van der Waals surface area contributed by atoms with E-state index < -0.39 is 0 Å². The van der Waals surface area contributed by atoms with Crippen molar-refractivity contribution in [2.75, 3.05) is 6.61 Å². The Kier molecular flexibility index (Phi) is 5.86. The van der Waals surface area contributed by atoms with Gasteiger partial charge in [-0.3, -0.25) is 4.79 Å². The van der Waals surface area contributed by atoms with Gasteiger partial charge in [0.05, 0.1) is 6.61 Å². The highest BCUT2D eigenvalue weighted by molar-refractivity contribution is 5.77. The smallest absolute Gasteiger partial charge is 0.220 e. The highest BCUT2D eigenvalue weighted by atomic mass is 16.3. The average Bonchev–Trinajstić information content (AvgIpc) is 2.36. The van der Waals surface area contributed by atoms with Gasteiger partial charge in [0.25, 0.3) is 0 Å². The number of carbonyl (C=O) groups is 1. The number of amides is 1. The molecule has 0 aliphatic rings. The van der Waals surface area contributed by atoms with Crippen LogP contribution in [0.4, 0.5) is 0 Å². The van der Waals surface area contributed by atoms with E-state index in [0.717, 1.165) is 0 Å². The van der Waals surface area contributed by atoms with E-state index in [4.69, 9.17) is 5.11 Å². The van der Waals surface area contributed by atoms with Crippen molar-refractivity contribution in [3.8, 4) is 0 Å². The van der Waals surface area contributed by atoms with Crippen molar-refractivity contribution in [1.29, 1.82) is 0 Å². The third-order valence-electron chi connectivity index (χ3n) is 3.12. The molecule has 0 aliphatic heterocycles. The van der Waals surface area contributed by atoms with E-state index in [1.165, 1.54) is 5.56 Å². The maximum atomic E-state index is 11.9. The molecule has 0 fully saturated rings. The van der Waals surface area contributed by atoms with Crippen LogP contribution in [0.15, 0.2) is 30.3 Å². The Morgan fingerprint density at radius 3 is 2.33 bits per heavy atom. The van der Waals surface area contributed by atoms with Crippen LogP contribution in [0, 0.1) is 5.92 Å². The van der Waals surface area contributed by atoms with Gasteiger partial charge in [-0.05, 0) is 24.3 Å². The van der Waals surface area contributed by atoms with Gasteiger partial charge in [-0.1, -0.05) is 44.2 Å². The molecule has 0 saturated heterocycles. The molecular weight excluding hydrogens is 226 g/mol. The fourth-order valence-electron chi connectivity index (χ4n) is 2.02. The molecule has 0 spiro atoms. The SMILES string of the molecule is CC(C)C(CC(=O)N[C@@H](C)CO)c1ccccc1. The van der Waals surface area contributed by atoms with Gasteiger partial charge in [0.1, 0.15) is 0 Å². The number of carbonyl (C=O) groups excluding carboxylic acids is 1. The van der Waals surface area contributed by atoms with E-state index in [9.17, 15) is 4.79 Å². The predicted octanol–water partition coefficient (Wildman–Crippen LogP) is 2.31. The number of benzene rings is 1. The Labute approximate surface area is 109 Å². The summed E-state index contributed by atoms with van der Waals surface area (Å²) in [6, 6.07) is 9.93. The minimum atomic E-state index is -0.180. The summed E-state index contributed by atoms with van der Waals surface area (Å²) in [6.07, 6.45) is 0.464. The van der Waals surface area contributed by atoms with Gasteiger partial charge < -0.3 is 10.4 Å². The Hall–Kier alpha value is -1.35. The first-order valence-corrected chi connectivity index (χ1v) is 6.49. The average molecular weight is 249 g/mol. The summed E-state index contributed by atoms with van der Waals surface area (Å²) < 4.78 is 0. The van der Waals surface area contributed by atoms with E-state index in [2.05, 4.69) is 31.3 Å². The Balaban J connectivity index is 2.67. The van der Waals surface area contributed by atoms with Crippen molar-refractivity contribution in [3.05, 3.63) is 35.9 Å². The molecule has 0 aliphatic carbocycles. The molecule has 1 unspecified atom stereocenters. The highest BCUT2D eigenvalue weighted by Gasteiger charge is 2.20. The summed E-state index contributed by atoms with van der Waals surface area (Å²) in [5, 5.41) is 11.7. The molecule has 3 heteroatoms. The van der Waals surface area contributed by atoms with Crippen LogP contribution in [0.25, 0.3) is 0 Å². The summed E-state index contributed by atoms with van der Waals surface area (Å²) in [5.41, 5.74) is 1.19. The fraction of sp³-hybridized carbons (Fsp3) is 0.533. The molecule has 1 aromatic carbocycles. The number of aliphatic hydroxyl groups is 1. The first-order chi connectivity index (χ1) is 8.54. The molecule has 0 heterocycles. The van der Waals surface area contributed by atoms with Gasteiger partial charge in [0.2, 0.25) is 5.91 Å². The zero-order valence-electron chi connectivity index (χ0n) is 11.4. The first kappa shape index (κ1) is 14.7. The molecule has 1 aromatic rings. The lowest BCUT2D eigenvalue weighted by Crippen LogP contribution is -2.36. The van der Waals surface area contributed by atoms with E-state index >= 15 is 0 Å². The minimum absolute atomic E-state index is 0.000830. The van der Waals surface area contributed by atoms with Crippen LogP contribution in [-0.2, 0) is 4.79 Å². The second-order valence-corrected chi connectivity index (χ2v) is 5.12. The van der Waals surface area contributed by atoms with E-state index in [-0.39, 0.29) is 24.5 Å². The van der Waals surface area contributed by atoms with Crippen LogP contribution in [0.3, 0.4) is 0 Å². The van der Waals surface area contributed by atoms with Crippen LogP contribution >= 0.6 is 0 Å². The standard InChI is InChI=1S/C15H23NO2/c1-11(2)14(13-7-5-4-6-8-13)9-15(18)16-12(3)10-17/h4-8,11-12,14,17H,9-10H2,1-3H3,(H,16,18)/t12-,14?/m0/s1. The van der Waals surface area contributed by atoms with Crippen LogP contribution in [0.2, 0.25) is 0 Å². The Bertz CT molecular complexity index is 362. The molecule has 100 valence electrons. The topological polar surface area (TPSA) is 49.3 Å². The predicted molar refractivity (Wildman–Crippen MR) is 73.3 cm³/mol. The number of aliphatic hydroxyl groups excluding tert-OH is 1.